The van der Waals surface area contributed by atoms with Gasteiger partial charge in [0.2, 0.25) is 5.11 Å². The Bertz CT molecular complexity index is 372. The Hall–Kier alpha value is -1.89. The van der Waals surface area contributed by atoms with E-state index in [1.807, 2.05) is 0 Å². The molecule has 5 nitrogen and oxygen atoms in total. The summed E-state index contributed by atoms with van der Waals surface area (Å²) < 4.78 is 0. The highest BCUT2D eigenvalue weighted by atomic mass is 32.1. The minimum atomic E-state index is 0.170. The number of rotatable bonds is 2. The second-order valence-electron chi connectivity index (χ2n) is 2.81. The van der Waals surface area contributed by atoms with E-state index in [1.165, 1.54) is 17.1 Å². The lowest BCUT2D eigenvalue weighted by Crippen LogP contribution is -2.47. The first-order chi connectivity index (χ1) is 8.06. The van der Waals surface area contributed by atoms with Crippen molar-refractivity contribution in [2.45, 2.75) is 0 Å². The largest absolute Gasteiger partial charge is 0.508 e. The van der Waals surface area contributed by atoms with Gasteiger partial charge in [-0.15, -0.1) is 0 Å². The molecule has 0 aliphatic carbocycles. The van der Waals surface area contributed by atoms with Gasteiger partial charge >= 0.3 is 0 Å². The van der Waals surface area contributed by atoms with Gasteiger partial charge in [-0.3, -0.25) is 10.4 Å². The maximum atomic E-state index is 9.00. The first-order valence-corrected chi connectivity index (χ1v) is 5.05. The minimum Gasteiger partial charge on any atom is -0.508 e. The van der Waals surface area contributed by atoms with Gasteiger partial charge < -0.3 is 5.11 Å². The topological polar surface area (TPSA) is 87.5 Å². The number of aromatic hydroxyl groups is 1. The number of nitrogens with two attached hydrogens (primary N) is 2. The highest BCUT2D eigenvalue weighted by molar-refractivity contribution is 7.80. The lowest BCUT2D eigenvalue weighted by atomic mass is 10.3. The third-order valence-corrected chi connectivity index (χ3v) is 1.95. The summed E-state index contributed by atoms with van der Waals surface area (Å²) in [5.41, 5.74) is 2.89. The standard InChI is InChI=1S/C7H10N4OS.C4H6/c8-10-7(13)11(9)5-1-3-6(12)4-2-5;1-3-4-2/h1-4,12H,8-9H2,(H,10,13);3-4H,1-2H2. The molecular weight excluding hydrogens is 236 g/mol. The van der Waals surface area contributed by atoms with Gasteiger partial charge in [-0.05, 0) is 36.5 Å². The van der Waals surface area contributed by atoms with Crippen LogP contribution in [0.2, 0.25) is 0 Å². The van der Waals surface area contributed by atoms with Gasteiger partial charge in [0.05, 0.1) is 5.69 Å². The lowest BCUT2D eigenvalue weighted by Gasteiger charge is -2.18. The second-order valence-corrected chi connectivity index (χ2v) is 3.19. The molecule has 0 fully saturated rings. The third-order valence-electron chi connectivity index (χ3n) is 1.64. The van der Waals surface area contributed by atoms with Gasteiger partial charge in [-0.2, -0.15) is 0 Å². The van der Waals surface area contributed by atoms with Crippen LogP contribution in [0.5, 0.6) is 5.75 Å². The number of hydrogen-bond acceptors (Lipinski definition) is 4. The Labute approximate surface area is 106 Å². The van der Waals surface area contributed by atoms with E-state index in [9.17, 15) is 0 Å². The van der Waals surface area contributed by atoms with Gasteiger partial charge in [-0.1, -0.05) is 25.3 Å². The van der Waals surface area contributed by atoms with Gasteiger partial charge in [0.1, 0.15) is 5.75 Å². The smallest absolute Gasteiger partial charge is 0.202 e. The molecule has 0 aliphatic rings. The van der Waals surface area contributed by atoms with Crippen molar-refractivity contribution in [2.75, 3.05) is 5.01 Å². The fourth-order valence-electron chi connectivity index (χ4n) is 0.800. The van der Waals surface area contributed by atoms with Crippen molar-refractivity contribution in [3.05, 3.63) is 49.6 Å². The number of allylic oxidation sites excluding steroid dienone is 2. The molecule has 0 radical (unpaired) electrons. The predicted octanol–water partition coefficient (Wildman–Crippen LogP) is 1.18. The van der Waals surface area contributed by atoms with Crippen molar-refractivity contribution in [3.8, 4) is 5.75 Å². The Morgan fingerprint density at radius 1 is 1.29 bits per heavy atom. The molecule has 0 aromatic heterocycles. The zero-order valence-electron chi connectivity index (χ0n) is 9.34. The van der Waals surface area contributed by atoms with Crippen LogP contribution in [-0.4, -0.2) is 10.2 Å². The first kappa shape index (κ1) is 15.1. The zero-order valence-corrected chi connectivity index (χ0v) is 10.2. The normalized spacial score (nSPS) is 8.35. The second kappa shape index (κ2) is 8.28. The zero-order chi connectivity index (χ0) is 13.3. The number of nitrogens with one attached hydrogen (secondary N) is 1. The molecule has 0 amide bonds. The van der Waals surface area contributed by atoms with Crippen LogP contribution < -0.4 is 22.1 Å². The number of hydrazine groups is 2. The molecule has 0 spiro atoms. The number of thiocarbonyl (C=S) groups is 1. The Morgan fingerprint density at radius 2 is 1.76 bits per heavy atom. The van der Waals surface area contributed by atoms with Crippen LogP contribution >= 0.6 is 12.2 Å². The fraction of sp³-hybridized carbons (Fsp3) is 0. The minimum absolute atomic E-state index is 0.170. The van der Waals surface area contributed by atoms with E-state index in [1.54, 1.807) is 24.3 Å². The number of benzene rings is 1. The van der Waals surface area contributed by atoms with E-state index >= 15 is 0 Å². The summed E-state index contributed by atoms with van der Waals surface area (Å²) in [4.78, 5) is 0. The van der Waals surface area contributed by atoms with Crippen LogP contribution in [0.3, 0.4) is 0 Å². The Morgan fingerprint density at radius 3 is 2.12 bits per heavy atom. The lowest BCUT2D eigenvalue weighted by molar-refractivity contribution is 0.475. The van der Waals surface area contributed by atoms with Crippen molar-refractivity contribution in [2.24, 2.45) is 11.7 Å². The molecule has 6 heteroatoms. The quantitative estimate of drug-likeness (QED) is 0.274. The SMILES string of the molecule is C=CC=C.NNC(=S)N(N)c1ccc(O)cc1. The summed E-state index contributed by atoms with van der Waals surface area (Å²) in [5.74, 6) is 10.8. The Kier molecular flexibility index (Phi) is 7.36. The van der Waals surface area contributed by atoms with Crippen LogP contribution in [0.1, 0.15) is 0 Å². The molecule has 0 unspecified atom stereocenters. The monoisotopic (exact) mass is 252 g/mol. The van der Waals surface area contributed by atoms with Crippen LogP contribution in [0.15, 0.2) is 49.6 Å². The van der Waals surface area contributed by atoms with E-state index in [0.717, 1.165) is 0 Å². The average molecular weight is 252 g/mol. The molecule has 17 heavy (non-hydrogen) atoms. The van der Waals surface area contributed by atoms with E-state index in [-0.39, 0.29) is 10.9 Å². The van der Waals surface area contributed by atoms with Crippen LogP contribution in [0, 0.1) is 0 Å². The summed E-state index contributed by atoms with van der Waals surface area (Å²) in [6, 6.07) is 6.26. The predicted molar refractivity (Wildman–Crippen MR) is 75.1 cm³/mol. The number of anilines is 1. The van der Waals surface area contributed by atoms with Crippen LogP contribution in [-0.2, 0) is 0 Å². The molecule has 1 aromatic rings. The van der Waals surface area contributed by atoms with Gasteiger partial charge in [-0.25, -0.2) is 11.7 Å². The third kappa shape index (κ3) is 5.67. The molecule has 0 aliphatic heterocycles. The number of phenols is 1. The van der Waals surface area contributed by atoms with Crippen molar-refractivity contribution >= 4 is 23.0 Å². The highest BCUT2D eigenvalue weighted by Crippen LogP contribution is 2.15. The van der Waals surface area contributed by atoms with E-state index in [4.69, 9.17) is 29.0 Å². The summed E-state index contributed by atoms with van der Waals surface area (Å²) in [6.45, 7) is 6.72. The van der Waals surface area contributed by atoms with Gasteiger partial charge in [0.15, 0.2) is 0 Å². The average Bonchev–Trinajstić information content (AvgIpc) is 2.38. The maximum absolute atomic E-state index is 9.00. The van der Waals surface area contributed by atoms with Crippen LogP contribution in [0.25, 0.3) is 0 Å². The molecule has 0 bridgehead atoms. The van der Waals surface area contributed by atoms with Crippen molar-refractivity contribution in [1.29, 1.82) is 0 Å². The molecule has 0 atom stereocenters. The fourth-order valence-corrected chi connectivity index (χ4v) is 0.905. The summed E-state index contributed by atoms with van der Waals surface area (Å²) in [5, 5.41) is 10.4. The Balaban J connectivity index is 0.000000557. The number of nitrogens with zero attached hydrogens (tertiary/aromatic N) is 1. The molecule has 1 aromatic carbocycles. The summed E-state index contributed by atoms with van der Waals surface area (Å²) >= 11 is 4.80. The molecule has 0 heterocycles. The first-order valence-electron chi connectivity index (χ1n) is 4.64. The van der Waals surface area contributed by atoms with Crippen molar-refractivity contribution in [1.82, 2.24) is 5.43 Å². The van der Waals surface area contributed by atoms with Crippen molar-refractivity contribution < 1.29 is 5.11 Å². The maximum Gasteiger partial charge on any atom is 0.202 e. The highest BCUT2D eigenvalue weighted by Gasteiger charge is 2.04. The molecule has 1 rings (SSSR count). The van der Waals surface area contributed by atoms with E-state index in [0.29, 0.717) is 5.69 Å². The van der Waals surface area contributed by atoms with E-state index in [2.05, 4.69) is 18.6 Å². The summed E-state index contributed by atoms with van der Waals surface area (Å²) in [7, 11) is 0. The molecule has 0 saturated heterocycles. The molecule has 6 N–H and O–H groups in total. The number of phenolic OH excluding ortho intramolecular Hbond substituents is 1. The summed E-state index contributed by atoms with van der Waals surface area (Å²) in [6.07, 6.45) is 3.28. The molecule has 0 saturated carbocycles. The van der Waals surface area contributed by atoms with Gasteiger partial charge in [0, 0.05) is 0 Å². The molecule has 92 valence electrons. The van der Waals surface area contributed by atoms with Crippen LogP contribution in [0.4, 0.5) is 5.69 Å². The molecular formula is C11H16N4OS. The van der Waals surface area contributed by atoms with Gasteiger partial charge in [0.25, 0.3) is 0 Å². The number of hydrogen-bond donors (Lipinski definition) is 4. The van der Waals surface area contributed by atoms with E-state index < -0.39 is 0 Å². The van der Waals surface area contributed by atoms with Crippen molar-refractivity contribution in [3.63, 3.8) is 0 Å².